The van der Waals surface area contributed by atoms with Crippen LogP contribution >= 0.6 is 0 Å². The van der Waals surface area contributed by atoms with Gasteiger partial charge in [0, 0.05) is 24.5 Å². The van der Waals surface area contributed by atoms with E-state index in [2.05, 4.69) is 30.4 Å². The first kappa shape index (κ1) is 18.9. The summed E-state index contributed by atoms with van der Waals surface area (Å²) in [6.07, 6.45) is 5.61. The van der Waals surface area contributed by atoms with Gasteiger partial charge in [-0.05, 0) is 19.9 Å². The molecule has 0 bridgehead atoms. The normalized spacial score (nSPS) is 11.7. The number of hydrogen-bond acceptors (Lipinski definition) is 7. The highest BCUT2D eigenvalue weighted by atomic mass is 19.3. The van der Waals surface area contributed by atoms with Gasteiger partial charge in [0.05, 0.1) is 23.5 Å². The average molecular weight is 400 g/mol. The molecular formula is C18H18F2N8O. The molecule has 0 aromatic carbocycles. The molecule has 0 atom stereocenters. The number of imidazole rings is 1. The van der Waals surface area contributed by atoms with Crippen molar-refractivity contribution in [2.45, 2.75) is 33.0 Å². The second-order valence-corrected chi connectivity index (χ2v) is 6.59. The number of anilines is 2. The van der Waals surface area contributed by atoms with Crippen LogP contribution in [0.2, 0.25) is 0 Å². The molecule has 150 valence electrons. The summed E-state index contributed by atoms with van der Waals surface area (Å²) in [6, 6.07) is 3.57. The largest absolute Gasteiger partial charge is 0.388 e. The van der Waals surface area contributed by atoms with Crippen molar-refractivity contribution in [1.82, 2.24) is 34.3 Å². The molecule has 11 heteroatoms. The van der Waals surface area contributed by atoms with E-state index in [1.165, 1.54) is 18.6 Å². The second-order valence-electron chi connectivity index (χ2n) is 6.59. The number of nitrogens with one attached hydrogen (secondary N) is 1. The van der Waals surface area contributed by atoms with Crippen molar-refractivity contribution in [3.05, 3.63) is 42.7 Å². The summed E-state index contributed by atoms with van der Waals surface area (Å²) in [6.45, 7) is 1.11. The number of fused-ring (bicyclic) bond motifs is 1. The predicted octanol–water partition coefficient (Wildman–Crippen LogP) is 3.30. The molecule has 0 aliphatic rings. The highest BCUT2D eigenvalue weighted by Crippen LogP contribution is 2.25. The molecule has 0 amide bonds. The summed E-state index contributed by atoms with van der Waals surface area (Å²) in [5.41, 5.74) is 1.88. The summed E-state index contributed by atoms with van der Waals surface area (Å²) in [5, 5.41) is 16.2. The number of aliphatic hydroxyl groups is 1. The Morgan fingerprint density at radius 3 is 2.66 bits per heavy atom. The van der Waals surface area contributed by atoms with Gasteiger partial charge in [-0.3, -0.25) is 0 Å². The van der Waals surface area contributed by atoms with Gasteiger partial charge in [0.1, 0.15) is 29.6 Å². The molecule has 29 heavy (non-hydrogen) atoms. The maximum absolute atomic E-state index is 12.7. The van der Waals surface area contributed by atoms with E-state index in [9.17, 15) is 13.9 Å². The molecule has 4 heterocycles. The zero-order chi connectivity index (χ0) is 20.5. The third kappa shape index (κ3) is 3.63. The van der Waals surface area contributed by atoms with E-state index in [1.54, 1.807) is 12.3 Å². The van der Waals surface area contributed by atoms with Gasteiger partial charge in [-0.1, -0.05) is 0 Å². The lowest BCUT2D eigenvalue weighted by molar-refractivity contribution is 0.0566. The summed E-state index contributed by atoms with van der Waals surface area (Å²) in [7, 11) is 0. The van der Waals surface area contributed by atoms with Crippen LogP contribution in [0, 0.1) is 0 Å². The van der Waals surface area contributed by atoms with Crippen LogP contribution in [0.1, 0.15) is 32.3 Å². The first-order valence-electron chi connectivity index (χ1n) is 8.86. The van der Waals surface area contributed by atoms with Crippen molar-refractivity contribution in [2.75, 3.05) is 5.32 Å². The Balaban J connectivity index is 1.65. The Bertz CT molecular complexity index is 1150. The third-order valence-electron chi connectivity index (χ3n) is 4.28. The van der Waals surface area contributed by atoms with E-state index in [0.717, 1.165) is 5.52 Å². The van der Waals surface area contributed by atoms with Crippen LogP contribution in [0.5, 0.6) is 0 Å². The monoisotopic (exact) mass is 400 g/mol. The van der Waals surface area contributed by atoms with Crippen molar-refractivity contribution >= 4 is 22.7 Å². The lowest BCUT2D eigenvalue weighted by Gasteiger charge is -2.12. The Kier molecular flexibility index (Phi) is 4.89. The van der Waals surface area contributed by atoms with Crippen molar-refractivity contribution in [3.8, 4) is 11.4 Å². The fourth-order valence-corrected chi connectivity index (χ4v) is 3.06. The van der Waals surface area contributed by atoms with E-state index < -0.39 is 6.55 Å². The standard InChI is InChI=1S/C18H18F2N8O/c1-10(2)28-13-5-15(22-7-12(13)24-16(28)9-29)25-14-3-4-21-17(26-14)11-6-23-27(8-11)18(19)20/h3-8,10,18,29H,9H2,1-2H3,(H,21,22,25,26). The van der Waals surface area contributed by atoms with Gasteiger partial charge in [-0.2, -0.15) is 13.9 Å². The van der Waals surface area contributed by atoms with Crippen LogP contribution < -0.4 is 5.32 Å². The summed E-state index contributed by atoms with van der Waals surface area (Å²) in [4.78, 5) is 17.2. The highest BCUT2D eigenvalue weighted by molar-refractivity contribution is 5.79. The Morgan fingerprint density at radius 2 is 1.97 bits per heavy atom. The zero-order valence-corrected chi connectivity index (χ0v) is 15.7. The Morgan fingerprint density at radius 1 is 1.14 bits per heavy atom. The number of pyridine rings is 1. The van der Waals surface area contributed by atoms with Gasteiger partial charge in [-0.15, -0.1) is 0 Å². The number of aliphatic hydroxyl groups excluding tert-OH is 1. The van der Waals surface area contributed by atoms with Crippen LogP contribution in [0.25, 0.3) is 22.4 Å². The van der Waals surface area contributed by atoms with E-state index >= 15 is 0 Å². The molecule has 0 saturated heterocycles. The maximum atomic E-state index is 12.7. The van der Waals surface area contributed by atoms with Crippen LogP contribution in [0.3, 0.4) is 0 Å². The van der Waals surface area contributed by atoms with Gasteiger partial charge >= 0.3 is 6.55 Å². The first-order valence-corrected chi connectivity index (χ1v) is 8.86. The summed E-state index contributed by atoms with van der Waals surface area (Å²) < 4.78 is 27.9. The topological polar surface area (TPSA) is 107 Å². The van der Waals surface area contributed by atoms with Gasteiger partial charge < -0.3 is 15.0 Å². The molecule has 0 saturated carbocycles. The number of halogens is 2. The lowest BCUT2D eigenvalue weighted by Crippen LogP contribution is -2.06. The van der Waals surface area contributed by atoms with Crippen LogP contribution in [-0.2, 0) is 6.61 Å². The first-order chi connectivity index (χ1) is 14.0. The second kappa shape index (κ2) is 7.51. The molecule has 4 aromatic rings. The SMILES string of the molecule is CC(C)n1c(CO)nc2cnc(Nc3ccnc(-c4cnn(C(F)F)c4)n3)cc21. The molecule has 0 aliphatic carbocycles. The summed E-state index contributed by atoms with van der Waals surface area (Å²) >= 11 is 0. The smallest absolute Gasteiger partial charge is 0.333 e. The Labute approximate surface area is 164 Å². The molecule has 4 rings (SSSR count). The summed E-state index contributed by atoms with van der Waals surface area (Å²) in [5.74, 6) is 1.80. The third-order valence-corrected chi connectivity index (χ3v) is 4.28. The molecule has 9 nitrogen and oxygen atoms in total. The highest BCUT2D eigenvalue weighted by Gasteiger charge is 2.15. The van der Waals surface area contributed by atoms with Crippen LogP contribution in [-0.4, -0.2) is 39.4 Å². The lowest BCUT2D eigenvalue weighted by atomic mass is 10.3. The number of nitrogens with zero attached hydrogens (tertiary/aromatic N) is 7. The van der Waals surface area contributed by atoms with Gasteiger partial charge in [0.25, 0.3) is 0 Å². The molecule has 4 aromatic heterocycles. The molecule has 0 radical (unpaired) electrons. The van der Waals surface area contributed by atoms with Crippen LogP contribution in [0.4, 0.5) is 20.4 Å². The van der Waals surface area contributed by atoms with E-state index in [4.69, 9.17) is 0 Å². The van der Waals surface area contributed by atoms with E-state index in [1.807, 2.05) is 24.5 Å². The van der Waals surface area contributed by atoms with Crippen molar-refractivity contribution in [1.29, 1.82) is 0 Å². The van der Waals surface area contributed by atoms with Crippen molar-refractivity contribution in [3.63, 3.8) is 0 Å². The predicted molar refractivity (Wildman–Crippen MR) is 102 cm³/mol. The fraction of sp³-hybridized carbons (Fsp3) is 0.278. The molecule has 0 unspecified atom stereocenters. The van der Waals surface area contributed by atoms with Crippen molar-refractivity contribution in [2.24, 2.45) is 0 Å². The minimum Gasteiger partial charge on any atom is -0.388 e. The number of hydrogen-bond donors (Lipinski definition) is 2. The van der Waals surface area contributed by atoms with E-state index in [-0.39, 0.29) is 18.5 Å². The molecule has 0 fully saturated rings. The Hall–Kier alpha value is -3.47. The zero-order valence-electron chi connectivity index (χ0n) is 15.7. The molecular weight excluding hydrogens is 382 g/mol. The molecule has 0 aliphatic heterocycles. The van der Waals surface area contributed by atoms with Gasteiger partial charge in [0.15, 0.2) is 5.82 Å². The quantitative estimate of drug-likeness (QED) is 0.511. The fourth-order valence-electron chi connectivity index (χ4n) is 3.06. The van der Waals surface area contributed by atoms with Crippen molar-refractivity contribution < 1.29 is 13.9 Å². The van der Waals surface area contributed by atoms with Crippen LogP contribution in [0.15, 0.2) is 36.9 Å². The maximum Gasteiger partial charge on any atom is 0.333 e. The minimum atomic E-state index is -2.73. The number of alkyl halides is 2. The average Bonchev–Trinajstić information content (AvgIpc) is 3.33. The minimum absolute atomic E-state index is 0.106. The van der Waals surface area contributed by atoms with E-state index in [0.29, 0.717) is 33.2 Å². The van der Waals surface area contributed by atoms with Gasteiger partial charge in [-0.25, -0.2) is 24.6 Å². The number of aromatic nitrogens is 7. The molecule has 0 spiro atoms. The molecule has 2 N–H and O–H groups in total. The van der Waals surface area contributed by atoms with Gasteiger partial charge in [0.2, 0.25) is 0 Å². The number of rotatable bonds is 6.